The zero-order valence-electron chi connectivity index (χ0n) is 51.2. The molecule has 6 aromatic heterocycles. The number of carbonyl (C=O) groups excluding carboxylic acids is 1. The summed E-state index contributed by atoms with van der Waals surface area (Å²) in [5.74, 6) is 7.89. The number of anilines is 3. The molecule has 9 N–H and O–H groups in total. The highest BCUT2D eigenvalue weighted by Gasteiger charge is 2.29. The molecule has 15 rings (SSSR count). The monoisotopic (exact) mass is 1510 g/mol. The number of piperidine rings is 3. The zero-order valence-corrected chi connectivity index (χ0v) is 58.4. The highest BCUT2D eigenvalue weighted by Crippen LogP contribution is 2.46. The minimum Gasteiger partial charge on any atom is -0.486 e. The minimum absolute atomic E-state index is 0.157. The number of hydrogen-bond donors (Lipinski definition) is 6. The fourth-order valence-electron chi connectivity index (χ4n) is 12.2. The van der Waals surface area contributed by atoms with Crippen molar-refractivity contribution in [1.29, 1.82) is 0 Å². The maximum absolute atomic E-state index is 11.6. The van der Waals surface area contributed by atoms with Crippen molar-refractivity contribution >= 4 is 140 Å². The van der Waals surface area contributed by atoms with E-state index in [1.54, 1.807) is 30.4 Å². The van der Waals surface area contributed by atoms with Crippen LogP contribution >= 0.6 is 83.1 Å². The number of aromatic nitrogens is 12. The number of aromatic amines is 1. The molecule has 1 amide bonds. The van der Waals surface area contributed by atoms with E-state index in [9.17, 15) is 4.79 Å². The summed E-state index contributed by atoms with van der Waals surface area (Å²) in [4.78, 5) is 55.5. The van der Waals surface area contributed by atoms with Crippen molar-refractivity contribution in [2.75, 3.05) is 96.1 Å². The molecule has 0 saturated carbocycles. The summed E-state index contributed by atoms with van der Waals surface area (Å²) in [5, 5.41) is 9.50. The molecule has 490 valence electrons. The molecule has 3 fully saturated rings. The number of fused-ring (bicyclic) bond motifs is 6. The molecule has 0 bridgehead atoms. The van der Waals surface area contributed by atoms with Gasteiger partial charge in [0, 0.05) is 61.2 Å². The maximum Gasteiger partial charge on any atom is 0.308 e. The Morgan fingerprint density at radius 2 is 0.935 bits per heavy atom. The molecule has 0 spiro atoms. The molecule has 6 aliphatic rings. The first kappa shape index (κ1) is 65.1. The topological polar surface area (TPSA) is 310 Å². The molecule has 0 aliphatic carbocycles. The van der Waals surface area contributed by atoms with Crippen LogP contribution in [0.15, 0.2) is 99.0 Å². The average Bonchev–Trinajstić information content (AvgIpc) is 1.70. The first-order valence-corrected chi connectivity index (χ1v) is 36.1. The number of likely N-dealkylation sites (tertiary alicyclic amines) is 1. The highest BCUT2D eigenvalue weighted by atomic mass is 79.9. The lowest BCUT2D eigenvalue weighted by molar-refractivity contribution is -0.711. The number of ether oxygens (including phenoxy) is 6. The molecule has 3 aromatic carbocycles. The van der Waals surface area contributed by atoms with E-state index in [4.69, 9.17) is 55.6 Å². The minimum atomic E-state index is 0.157. The lowest BCUT2D eigenvalue weighted by Gasteiger charge is -2.31. The van der Waals surface area contributed by atoms with E-state index in [-0.39, 0.29) is 5.91 Å². The number of imidazole rings is 3. The second kappa shape index (κ2) is 30.0. The molecule has 0 unspecified atom stereocenters. The molecule has 0 radical (unpaired) electrons. The maximum atomic E-state index is 11.6. The van der Waals surface area contributed by atoms with Gasteiger partial charge in [-0.15, -0.1) is 0 Å². The van der Waals surface area contributed by atoms with Gasteiger partial charge in [-0.3, -0.25) is 9.78 Å². The zero-order chi connectivity index (χ0) is 64.0. The largest absolute Gasteiger partial charge is 0.486 e. The van der Waals surface area contributed by atoms with Crippen LogP contribution in [0, 0.1) is 17.8 Å². The second-order valence-corrected chi connectivity index (χ2v) is 28.9. The van der Waals surface area contributed by atoms with Gasteiger partial charge in [-0.25, -0.2) is 34.5 Å². The predicted octanol–water partition coefficient (Wildman–Crippen LogP) is 10.1. The predicted molar refractivity (Wildman–Crippen MR) is 366 cm³/mol. The van der Waals surface area contributed by atoms with Gasteiger partial charge in [0.1, 0.15) is 52.3 Å². The number of benzene rings is 3. The van der Waals surface area contributed by atoms with Gasteiger partial charge in [-0.05, 0) is 198 Å². The summed E-state index contributed by atoms with van der Waals surface area (Å²) in [6.45, 7) is 13.5. The van der Waals surface area contributed by atoms with Gasteiger partial charge >= 0.3 is 5.65 Å². The molecule has 0 atom stereocenters. The van der Waals surface area contributed by atoms with Gasteiger partial charge < -0.3 is 70.3 Å². The third-order valence-corrected chi connectivity index (χ3v) is 23.2. The van der Waals surface area contributed by atoms with Gasteiger partial charge in [-0.1, -0.05) is 28.5 Å². The van der Waals surface area contributed by atoms with Crippen molar-refractivity contribution in [2.45, 2.75) is 115 Å². The Morgan fingerprint density at radius 1 is 0.538 bits per heavy atom. The molecule has 93 heavy (non-hydrogen) atoms. The van der Waals surface area contributed by atoms with Crippen molar-refractivity contribution < 1.29 is 37.8 Å². The quantitative estimate of drug-likeness (QED) is 0.0520. The summed E-state index contributed by atoms with van der Waals surface area (Å²) < 4.78 is 43.7. The van der Waals surface area contributed by atoms with Gasteiger partial charge in [0.05, 0.1) is 6.54 Å². The van der Waals surface area contributed by atoms with Crippen LogP contribution in [0.1, 0.15) is 64.7 Å². The standard InChI is InChI=1S/C22H25BrN6O3S.2C20H23BrN6O2S/c1-13(30)28-5-2-14(3-6-28)4-7-29-21-19(20(24)25-12-26-21)27-22(29)33-18-11-17-16(10-15(18)23)31-8-9-32-17;2*21-13-9-14-15(29-8-7-28-14)10-16(13)30-20-26-17-18(22)24-11-25-19(17)27(20)6-3-12-1-4-23-5-2-12/h10-12,14H,2-9H2,1H3,(H2,24,25,26);2*9-12,23H,1-8H2,(H2,22,24,25)/p+1. The Balaban J connectivity index is 0.000000127. The fourth-order valence-corrected chi connectivity index (χ4v) is 16.7. The van der Waals surface area contributed by atoms with Crippen LogP contribution in [0.25, 0.3) is 33.5 Å². The Kier molecular flexibility index (Phi) is 21.0. The van der Waals surface area contributed by atoms with E-state index in [0.717, 1.165) is 197 Å². The first-order chi connectivity index (χ1) is 45.4. The molecule has 12 heterocycles. The molecule has 6 aliphatic heterocycles. The number of carbonyl (C=O) groups is 1. The van der Waals surface area contributed by atoms with Gasteiger partial charge in [0.2, 0.25) is 11.4 Å². The molecular formula is C62H72Br3N18O7S3+. The Bertz CT molecular complexity index is 3990. The summed E-state index contributed by atoms with van der Waals surface area (Å²) in [6, 6.07) is 11.8. The van der Waals surface area contributed by atoms with Crippen molar-refractivity contribution in [3.05, 3.63) is 68.8 Å². The molecular weight excluding hydrogens is 1440 g/mol. The van der Waals surface area contributed by atoms with Crippen LogP contribution in [0.3, 0.4) is 0 Å². The number of H-pyrrole nitrogens is 1. The number of halogens is 3. The van der Waals surface area contributed by atoms with Crippen LogP contribution in [0.5, 0.6) is 34.5 Å². The number of nitrogen functional groups attached to an aromatic ring is 3. The number of aryl methyl sites for hydroxylation is 3. The van der Waals surface area contributed by atoms with E-state index in [0.29, 0.717) is 80.0 Å². The number of amides is 1. The van der Waals surface area contributed by atoms with Gasteiger partial charge in [-0.2, -0.15) is 4.98 Å². The van der Waals surface area contributed by atoms with E-state index in [2.05, 4.69) is 107 Å². The second-order valence-electron chi connectivity index (χ2n) is 23.3. The number of hydrogen-bond acceptors (Lipinski definition) is 23. The van der Waals surface area contributed by atoms with E-state index < -0.39 is 0 Å². The Labute approximate surface area is 574 Å². The smallest absolute Gasteiger partial charge is 0.308 e. The third-order valence-electron chi connectivity index (χ3n) is 17.3. The van der Waals surface area contributed by atoms with Gasteiger partial charge in [0.25, 0.3) is 5.16 Å². The van der Waals surface area contributed by atoms with Crippen LogP contribution in [0.2, 0.25) is 0 Å². The van der Waals surface area contributed by atoms with Crippen molar-refractivity contribution in [3.63, 3.8) is 0 Å². The molecule has 25 nitrogen and oxygen atoms in total. The normalized spacial score (nSPS) is 16.7. The molecule has 3 saturated heterocycles. The number of nitrogens with two attached hydrogens (primary N) is 3. The van der Waals surface area contributed by atoms with E-state index >= 15 is 0 Å². The number of nitrogens with zero attached hydrogens (tertiary/aromatic N) is 12. The van der Waals surface area contributed by atoms with Crippen LogP contribution < -0.4 is 60.8 Å². The first-order valence-electron chi connectivity index (χ1n) is 31.3. The molecule has 9 aromatic rings. The lowest BCUT2D eigenvalue weighted by atomic mass is 9.93. The molecule has 31 heteroatoms. The van der Waals surface area contributed by atoms with Crippen molar-refractivity contribution in [3.8, 4) is 34.5 Å². The van der Waals surface area contributed by atoms with Gasteiger partial charge in [0.15, 0.2) is 90.9 Å². The summed E-state index contributed by atoms with van der Waals surface area (Å²) in [5.41, 5.74) is 22.8. The number of nitrogens with one attached hydrogen (secondary N) is 3. The van der Waals surface area contributed by atoms with Crippen molar-refractivity contribution in [2.24, 2.45) is 17.8 Å². The summed E-state index contributed by atoms with van der Waals surface area (Å²) in [6.07, 6.45) is 14.6. The Hall–Kier alpha value is -6.61. The lowest BCUT2D eigenvalue weighted by Crippen LogP contribution is -2.38. The van der Waals surface area contributed by atoms with E-state index in [1.807, 2.05) is 41.3 Å². The Morgan fingerprint density at radius 3 is 1.39 bits per heavy atom. The van der Waals surface area contributed by atoms with E-state index in [1.165, 1.54) is 56.4 Å². The average molecular weight is 1520 g/mol. The summed E-state index contributed by atoms with van der Waals surface area (Å²) in [7, 11) is 0. The van der Waals surface area contributed by atoms with Crippen LogP contribution in [-0.4, -0.2) is 144 Å². The highest BCUT2D eigenvalue weighted by molar-refractivity contribution is 9.11. The third kappa shape index (κ3) is 15.2. The summed E-state index contributed by atoms with van der Waals surface area (Å²) >= 11 is 15.7. The number of rotatable bonds is 15. The van der Waals surface area contributed by atoms with Crippen LogP contribution in [0.4, 0.5) is 17.5 Å². The fraction of sp³-hybridized carbons (Fsp3) is 0.452. The van der Waals surface area contributed by atoms with Crippen molar-refractivity contribution in [1.82, 2.24) is 69.5 Å². The SMILES string of the molecule is CC(=O)N1CCC(CCn2c(Sc3cc4c(cc3Br)OCCO4)nc3c(N)ncnc32)CC1.Nc1ncnc2c1[nH]c(Sc1cc3c(cc1Br)OCCO3)[n+]2CCC1CCNCC1.Nc1ncnc2c1nc(Sc1cc3c(cc1Br)OCCO3)n2CCC1CCNCC1. The van der Waals surface area contributed by atoms with Crippen LogP contribution in [-0.2, 0) is 24.4 Å².